The molecule has 1 nitrogen and oxygen atoms in total. The summed E-state index contributed by atoms with van der Waals surface area (Å²) >= 11 is 0. The van der Waals surface area contributed by atoms with Gasteiger partial charge in [0.05, 0.1) is 26.2 Å². The minimum Gasteiger partial charge on any atom is -0.324 e. The Hall–Kier alpha value is -3.10. The molecule has 0 heterocycles. The van der Waals surface area contributed by atoms with E-state index >= 15 is 0 Å². The van der Waals surface area contributed by atoms with Crippen molar-refractivity contribution >= 4 is 28.0 Å². The summed E-state index contributed by atoms with van der Waals surface area (Å²) in [7, 11) is 0. The van der Waals surface area contributed by atoms with E-state index in [1.54, 1.807) is 0 Å². The van der Waals surface area contributed by atoms with Crippen LogP contribution in [0, 0.1) is 0 Å². The van der Waals surface area contributed by atoms with E-state index in [-0.39, 0.29) is 0 Å². The van der Waals surface area contributed by atoms with Gasteiger partial charge in [-0.1, -0.05) is 252 Å². The fraction of sp³-hybridized carbons (Fsp3) is 0.571. The molecule has 320 valence electrons. The molecule has 0 aromatic heterocycles. The molecule has 0 aliphatic heterocycles. The maximum atomic E-state index is 2.34. The molecule has 0 saturated heterocycles. The van der Waals surface area contributed by atoms with Gasteiger partial charge in [0.15, 0.2) is 0 Å². The third-order valence-electron chi connectivity index (χ3n) is 13.1. The number of hydrogen-bond donors (Lipinski definition) is 0. The van der Waals surface area contributed by atoms with E-state index in [9.17, 15) is 0 Å². The van der Waals surface area contributed by atoms with Crippen molar-refractivity contribution in [2.45, 2.75) is 182 Å². The summed E-state index contributed by atoms with van der Waals surface area (Å²) in [5.74, 6) is 0. The molecule has 4 aromatic carbocycles. The Balaban J connectivity index is 0.000000319. The predicted octanol–water partition coefficient (Wildman–Crippen LogP) is 14.3. The fourth-order valence-corrected chi connectivity index (χ4v) is 9.70. The Morgan fingerprint density at radius 2 is 0.448 bits per heavy atom. The highest BCUT2D eigenvalue weighted by molar-refractivity contribution is 7.19. The summed E-state index contributed by atoms with van der Waals surface area (Å²) in [5, 5.41) is 0. The molecule has 0 spiro atoms. The maximum absolute atomic E-state index is 2.34. The minimum atomic E-state index is -1.22. The Labute approximate surface area is 360 Å². The highest BCUT2D eigenvalue weighted by Crippen LogP contribution is 2.21. The van der Waals surface area contributed by atoms with Gasteiger partial charge in [-0.15, -0.1) is 0 Å². The second-order valence-electron chi connectivity index (χ2n) is 17.8. The van der Waals surface area contributed by atoms with Gasteiger partial charge in [-0.05, 0) is 51.4 Å². The lowest BCUT2D eigenvalue weighted by atomic mass is 9.13. The topological polar surface area (TPSA) is 0 Å². The minimum absolute atomic E-state index is 1.22. The van der Waals surface area contributed by atoms with Crippen LogP contribution in [0.2, 0.25) is 0 Å². The van der Waals surface area contributed by atoms with Crippen LogP contribution in [0.3, 0.4) is 0 Å². The molecule has 58 heavy (non-hydrogen) atoms. The lowest BCUT2D eigenvalue weighted by Gasteiger charge is -2.44. The van der Waals surface area contributed by atoms with E-state index in [1.165, 1.54) is 207 Å². The molecule has 0 N–H and O–H groups in total. The van der Waals surface area contributed by atoms with Gasteiger partial charge in [-0.25, -0.2) is 0 Å². The molecule has 0 amide bonds. The van der Waals surface area contributed by atoms with Gasteiger partial charge in [0.25, 0.3) is 0 Å². The largest absolute Gasteiger partial charge is 0.324 e. The molecule has 0 aliphatic rings. The van der Waals surface area contributed by atoms with Crippen molar-refractivity contribution in [2.75, 3.05) is 26.2 Å². The Bertz CT molecular complexity index is 1240. The van der Waals surface area contributed by atoms with Crippen LogP contribution >= 0.6 is 0 Å². The first-order valence-electron chi connectivity index (χ1n) is 24.9. The van der Waals surface area contributed by atoms with Crippen molar-refractivity contribution in [3.05, 3.63) is 121 Å². The van der Waals surface area contributed by atoms with E-state index in [2.05, 4.69) is 149 Å². The molecule has 0 radical (unpaired) electrons. The summed E-state index contributed by atoms with van der Waals surface area (Å²) in [5.41, 5.74) is 5.36. The number of rotatable bonds is 32. The maximum Gasteiger partial charge on any atom is 0.108 e. The average Bonchev–Trinajstić information content (AvgIpc) is 3.28. The zero-order valence-corrected chi connectivity index (χ0v) is 38.4. The second-order valence-corrected chi connectivity index (χ2v) is 17.8. The lowest BCUT2D eigenvalue weighted by molar-refractivity contribution is -0.929. The van der Waals surface area contributed by atoms with E-state index in [4.69, 9.17) is 0 Å². The zero-order valence-electron chi connectivity index (χ0n) is 38.4. The van der Waals surface area contributed by atoms with E-state index in [0.717, 1.165) is 0 Å². The average molecular weight is 786 g/mol. The molecule has 0 aliphatic carbocycles. The van der Waals surface area contributed by atoms with Gasteiger partial charge >= 0.3 is 0 Å². The second kappa shape index (κ2) is 31.8. The third-order valence-corrected chi connectivity index (χ3v) is 13.1. The summed E-state index contributed by atoms with van der Waals surface area (Å²) < 4.78 is 1.48. The SMILES string of the molecule is CCCCCCCC[N+](CCCCCCCC)(CCCCCCCC)CCCCCCCC.c1ccc([B-](c2ccccc2)(c2ccccc2)c2ccccc2)cc1. The van der Waals surface area contributed by atoms with Gasteiger partial charge in [-0.2, -0.15) is 21.9 Å². The Morgan fingerprint density at radius 3 is 0.655 bits per heavy atom. The normalized spacial score (nSPS) is 11.7. The quantitative estimate of drug-likeness (QED) is 0.0263. The third kappa shape index (κ3) is 18.0. The number of nitrogens with zero attached hydrogens (tertiary/aromatic N) is 1. The van der Waals surface area contributed by atoms with Crippen molar-refractivity contribution in [3.8, 4) is 0 Å². The van der Waals surface area contributed by atoms with Gasteiger partial charge in [-0.3, -0.25) is 0 Å². The molecule has 0 fully saturated rings. The van der Waals surface area contributed by atoms with Gasteiger partial charge in [0, 0.05) is 0 Å². The molecule has 4 aromatic rings. The highest BCUT2D eigenvalue weighted by Gasteiger charge is 2.31. The van der Waals surface area contributed by atoms with Crippen LogP contribution in [0.1, 0.15) is 182 Å². The van der Waals surface area contributed by atoms with Crippen LogP contribution in [0.4, 0.5) is 0 Å². The van der Waals surface area contributed by atoms with Crippen molar-refractivity contribution in [1.29, 1.82) is 0 Å². The van der Waals surface area contributed by atoms with Crippen LogP contribution in [-0.2, 0) is 0 Å². The van der Waals surface area contributed by atoms with Crippen LogP contribution in [0.25, 0.3) is 0 Å². The molecule has 0 bridgehead atoms. The monoisotopic (exact) mass is 786 g/mol. The number of unbranched alkanes of at least 4 members (excludes halogenated alkanes) is 20. The number of hydrogen-bond acceptors (Lipinski definition) is 0. The lowest BCUT2D eigenvalue weighted by Crippen LogP contribution is -2.74. The number of benzene rings is 4. The molecule has 4 rings (SSSR count). The fourth-order valence-electron chi connectivity index (χ4n) is 9.70. The number of quaternary nitrogens is 1. The van der Waals surface area contributed by atoms with E-state index in [0.29, 0.717) is 0 Å². The molecule has 0 atom stereocenters. The van der Waals surface area contributed by atoms with Crippen molar-refractivity contribution in [3.63, 3.8) is 0 Å². The summed E-state index contributed by atoms with van der Waals surface area (Å²) in [6, 6.07) is 43.5. The zero-order chi connectivity index (χ0) is 41.3. The molecule has 0 saturated carbocycles. The first-order chi connectivity index (χ1) is 28.7. The first kappa shape index (κ1) is 49.3. The Kier molecular flexibility index (Phi) is 27.0. The summed E-state index contributed by atoms with van der Waals surface area (Å²) in [6.07, 6.45) is 33.6. The van der Waals surface area contributed by atoms with Crippen LogP contribution in [0.5, 0.6) is 0 Å². The van der Waals surface area contributed by atoms with Crippen LogP contribution < -0.4 is 21.9 Å². The molecule has 2 heteroatoms. The van der Waals surface area contributed by atoms with Crippen molar-refractivity contribution in [1.82, 2.24) is 0 Å². The first-order valence-corrected chi connectivity index (χ1v) is 24.9. The summed E-state index contributed by atoms with van der Waals surface area (Å²) in [6.45, 7) is 15.3. The van der Waals surface area contributed by atoms with Crippen molar-refractivity contribution in [2.24, 2.45) is 0 Å². The van der Waals surface area contributed by atoms with Gasteiger partial charge < -0.3 is 4.48 Å². The van der Waals surface area contributed by atoms with E-state index in [1.807, 2.05) is 0 Å². The van der Waals surface area contributed by atoms with Gasteiger partial charge in [0.2, 0.25) is 0 Å². The van der Waals surface area contributed by atoms with Gasteiger partial charge in [0.1, 0.15) is 6.15 Å². The molecular formula is C56H88BN. The predicted molar refractivity (Wildman–Crippen MR) is 263 cm³/mol. The summed E-state index contributed by atoms with van der Waals surface area (Å²) in [4.78, 5) is 0. The van der Waals surface area contributed by atoms with Crippen LogP contribution in [0.15, 0.2) is 121 Å². The smallest absolute Gasteiger partial charge is 0.108 e. The molecular weight excluding hydrogens is 697 g/mol. The highest BCUT2D eigenvalue weighted by atomic mass is 15.3. The molecule has 0 unspecified atom stereocenters. The van der Waals surface area contributed by atoms with Crippen LogP contribution in [-0.4, -0.2) is 36.8 Å². The standard InChI is InChI=1S/C32H68N.C24H20B/c1-5-9-13-17-21-25-29-33(30-26-22-18-14-10-6-2,31-27-23-19-15-11-7-3)32-28-24-20-16-12-8-4;1-5-13-21(14-6-1)25(22-15-7-2-8-16-22,23-17-9-3-10-18-23)24-19-11-4-12-20-24/h5-32H2,1-4H3;1-20H/q+1;-1. The van der Waals surface area contributed by atoms with Crippen molar-refractivity contribution < 1.29 is 4.48 Å². The Morgan fingerprint density at radius 1 is 0.259 bits per heavy atom. The van der Waals surface area contributed by atoms with E-state index < -0.39 is 6.15 Å².